The molecule has 27 heavy (non-hydrogen) atoms. The number of anilines is 5. The van der Waals surface area contributed by atoms with E-state index in [9.17, 15) is 4.79 Å². The summed E-state index contributed by atoms with van der Waals surface area (Å²) in [4.78, 5) is 25.8. The Morgan fingerprint density at radius 2 is 1.96 bits per heavy atom. The number of nitrogens with two attached hydrogens (primary N) is 1. The van der Waals surface area contributed by atoms with E-state index in [1.807, 2.05) is 19.9 Å². The van der Waals surface area contributed by atoms with Crippen molar-refractivity contribution in [3.8, 4) is 0 Å². The van der Waals surface area contributed by atoms with Gasteiger partial charge in [0.05, 0.1) is 17.9 Å². The molecule has 0 amide bonds. The number of benzene rings is 1. The van der Waals surface area contributed by atoms with Gasteiger partial charge < -0.3 is 21.1 Å². The quantitative estimate of drug-likeness (QED) is 0.550. The van der Waals surface area contributed by atoms with Crippen molar-refractivity contribution in [1.82, 2.24) is 15.0 Å². The highest BCUT2D eigenvalue weighted by molar-refractivity contribution is 7.15. The fourth-order valence-electron chi connectivity index (χ4n) is 2.30. The molecule has 0 radical (unpaired) electrons. The average molecular weight is 384 g/mol. The molecule has 0 atom stereocenters. The van der Waals surface area contributed by atoms with Crippen molar-refractivity contribution in [2.24, 2.45) is 0 Å². The van der Waals surface area contributed by atoms with Crippen LogP contribution < -0.4 is 16.4 Å². The van der Waals surface area contributed by atoms with E-state index in [1.165, 1.54) is 17.7 Å². The zero-order chi connectivity index (χ0) is 19.4. The Morgan fingerprint density at radius 3 is 2.63 bits per heavy atom. The van der Waals surface area contributed by atoms with Crippen LogP contribution >= 0.6 is 11.3 Å². The molecule has 2 aromatic heterocycles. The van der Waals surface area contributed by atoms with Crippen LogP contribution in [0.3, 0.4) is 0 Å². The smallest absolute Gasteiger partial charge is 0.338 e. The number of nitrogen functional groups attached to an aromatic ring is 1. The largest absolute Gasteiger partial charge is 0.462 e. The molecular weight excluding hydrogens is 364 g/mol. The van der Waals surface area contributed by atoms with E-state index < -0.39 is 0 Å². The first-order chi connectivity index (χ1) is 13.0. The maximum atomic E-state index is 11.9. The minimum Gasteiger partial charge on any atom is -0.462 e. The molecule has 0 spiro atoms. The molecule has 0 aliphatic heterocycles. The first kappa shape index (κ1) is 18.6. The van der Waals surface area contributed by atoms with Crippen LogP contribution in [-0.4, -0.2) is 27.5 Å². The third-order valence-electron chi connectivity index (χ3n) is 3.77. The summed E-state index contributed by atoms with van der Waals surface area (Å²) in [7, 11) is 0. The second-order valence-corrected chi connectivity index (χ2v) is 6.90. The van der Waals surface area contributed by atoms with Gasteiger partial charge in [-0.3, -0.25) is 0 Å². The standard InChI is InChI=1S/C18H20N6O2S/c1-4-26-17(25)12-6-5-7-13(8-12)23-15-14(19)16(21-9-20-15)24-18-22-10(2)11(3)27-18/h5-9H,4,19H2,1-3H3,(H2,20,21,22,23,24). The Hall–Kier alpha value is -3.20. The summed E-state index contributed by atoms with van der Waals surface area (Å²) in [6, 6.07) is 6.93. The molecular formula is C18H20N6O2S. The second-order valence-electron chi connectivity index (χ2n) is 5.70. The van der Waals surface area contributed by atoms with Gasteiger partial charge in [-0.1, -0.05) is 6.07 Å². The van der Waals surface area contributed by atoms with E-state index in [0.29, 0.717) is 40.3 Å². The lowest BCUT2D eigenvalue weighted by atomic mass is 10.2. The van der Waals surface area contributed by atoms with E-state index in [1.54, 1.807) is 25.1 Å². The minimum absolute atomic E-state index is 0.320. The predicted molar refractivity (Wildman–Crippen MR) is 107 cm³/mol. The summed E-state index contributed by atoms with van der Waals surface area (Å²) < 4.78 is 5.02. The van der Waals surface area contributed by atoms with Gasteiger partial charge in [0, 0.05) is 10.6 Å². The molecule has 9 heteroatoms. The van der Waals surface area contributed by atoms with Crippen molar-refractivity contribution in [1.29, 1.82) is 0 Å². The molecule has 4 N–H and O–H groups in total. The third kappa shape index (κ3) is 4.32. The van der Waals surface area contributed by atoms with Crippen molar-refractivity contribution in [2.45, 2.75) is 20.8 Å². The van der Waals surface area contributed by atoms with Crippen LogP contribution in [-0.2, 0) is 4.74 Å². The molecule has 0 saturated carbocycles. The Labute approximate surface area is 160 Å². The van der Waals surface area contributed by atoms with Crippen molar-refractivity contribution in [3.63, 3.8) is 0 Å². The number of aromatic nitrogens is 3. The summed E-state index contributed by atoms with van der Waals surface area (Å²) in [5, 5.41) is 6.95. The van der Waals surface area contributed by atoms with Crippen molar-refractivity contribution >= 4 is 45.4 Å². The van der Waals surface area contributed by atoms with Crippen LogP contribution in [0, 0.1) is 13.8 Å². The van der Waals surface area contributed by atoms with Crippen molar-refractivity contribution in [3.05, 3.63) is 46.7 Å². The maximum Gasteiger partial charge on any atom is 0.338 e. The first-order valence-corrected chi connectivity index (χ1v) is 9.15. The number of carbonyl (C=O) groups excluding carboxylic acids is 1. The zero-order valence-electron chi connectivity index (χ0n) is 15.2. The van der Waals surface area contributed by atoms with Gasteiger partial charge in [-0.15, -0.1) is 11.3 Å². The van der Waals surface area contributed by atoms with Gasteiger partial charge >= 0.3 is 5.97 Å². The number of esters is 1. The number of aryl methyl sites for hydroxylation is 2. The van der Waals surface area contributed by atoms with E-state index in [4.69, 9.17) is 10.5 Å². The van der Waals surface area contributed by atoms with Gasteiger partial charge in [-0.25, -0.2) is 19.7 Å². The summed E-state index contributed by atoms with van der Waals surface area (Å²) in [5.41, 5.74) is 8.63. The Morgan fingerprint density at radius 1 is 1.22 bits per heavy atom. The zero-order valence-corrected chi connectivity index (χ0v) is 16.1. The fourth-order valence-corrected chi connectivity index (χ4v) is 3.11. The number of hydrogen-bond acceptors (Lipinski definition) is 9. The van der Waals surface area contributed by atoms with Crippen LogP contribution in [0.5, 0.6) is 0 Å². The summed E-state index contributed by atoms with van der Waals surface area (Å²) in [6.45, 7) is 6.04. The topological polar surface area (TPSA) is 115 Å². The lowest BCUT2D eigenvalue weighted by Crippen LogP contribution is -2.07. The molecule has 1 aromatic carbocycles. The van der Waals surface area contributed by atoms with E-state index in [-0.39, 0.29) is 5.97 Å². The van der Waals surface area contributed by atoms with Gasteiger partial charge in [0.1, 0.15) is 12.0 Å². The highest BCUT2D eigenvalue weighted by Gasteiger charge is 2.12. The second kappa shape index (κ2) is 8.00. The summed E-state index contributed by atoms with van der Waals surface area (Å²) in [5.74, 6) is 0.509. The Balaban J connectivity index is 1.82. The van der Waals surface area contributed by atoms with Crippen LogP contribution in [0.1, 0.15) is 27.9 Å². The number of nitrogens with one attached hydrogen (secondary N) is 2. The molecule has 0 saturated heterocycles. The lowest BCUT2D eigenvalue weighted by molar-refractivity contribution is 0.0526. The molecule has 0 fully saturated rings. The van der Waals surface area contributed by atoms with E-state index >= 15 is 0 Å². The third-order valence-corrected chi connectivity index (χ3v) is 4.76. The Kier molecular flexibility index (Phi) is 5.51. The molecule has 0 bridgehead atoms. The van der Waals surface area contributed by atoms with Crippen molar-refractivity contribution in [2.75, 3.05) is 23.0 Å². The molecule has 3 rings (SSSR count). The van der Waals surface area contributed by atoms with Crippen LogP contribution in [0.15, 0.2) is 30.6 Å². The number of hydrogen-bond donors (Lipinski definition) is 3. The number of ether oxygens (including phenoxy) is 1. The highest BCUT2D eigenvalue weighted by atomic mass is 32.1. The number of carbonyl (C=O) groups is 1. The monoisotopic (exact) mass is 384 g/mol. The van der Waals surface area contributed by atoms with E-state index in [0.717, 1.165) is 10.6 Å². The summed E-state index contributed by atoms with van der Waals surface area (Å²) in [6.07, 6.45) is 1.41. The van der Waals surface area contributed by atoms with Crippen LogP contribution in [0.4, 0.5) is 28.1 Å². The number of thiazole rings is 1. The van der Waals surface area contributed by atoms with Crippen LogP contribution in [0.2, 0.25) is 0 Å². The highest BCUT2D eigenvalue weighted by Crippen LogP contribution is 2.30. The maximum absolute atomic E-state index is 11.9. The predicted octanol–water partition coefficient (Wildman–Crippen LogP) is 3.80. The summed E-state index contributed by atoms with van der Waals surface area (Å²) >= 11 is 1.53. The normalized spacial score (nSPS) is 10.5. The average Bonchev–Trinajstić information content (AvgIpc) is 2.96. The molecule has 0 aliphatic carbocycles. The molecule has 0 aliphatic rings. The minimum atomic E-state index is -0.381. The van der Waals surface area contributed by atoms with E-state index in [2.05, 4.69) is 25.6 Å². The molecule has 2 heterocycles. The Bertz CT molecular complexity index is 953. The fraction of sp³-hybridized carbons (Fsp3) is 0.222. The molecule has 140 valence electrons. The number of rotatable bonds is 6. The van der Waals surface area contributed by atoms with Gasteiger partial charge in [-0.2, -0.15) is 0 Å². The van der Waals surface area contributed by atoms with Crippen LogP contribution in [0.25, 0.3) is 0 Å². The van der Waals surface area contributed by atoms with Gasteiger partial charge in [0.15, 0.2) is 16.8 Å². The lowest BCUT2D eigenvalue weighted by Gasteiger charge is -2.12. The molecule has 0 unspecified atom stereocenters. The first-order valence-electron chi connectivity index (χ1n) is 8.33. The van der Waals surface area contributed by atoms with Gasteiger partial charge in [-0.05, 0) is 39.0 Å². The molecule has 3 aromatic rings. The van der Waals surface area contributed by atoms with Gasteiger partial charge in [0.2, 0.25) is 0 Å². The van der Waals surface area contributed by atoms with Crippen molar-refractivity contribution < 1.29 is 9.53 Å². The van der Waals surface area contributed by atoms with Gasteiger partial charge in [0.25, 0.3) is 0 Å². The number of nitrogens with zero attached hydrogens (tertiary/aromatic N) is 3. The molecule has 8 nitrogen and oxygen atoms in total. The SMILES string of the molecule is CCOC(=O)c1cccc(Nc2ncnc(Nc3nc(C)c(C)s3)c2N)c1.